The first kappa shape index (κ1) is 19.3. The van der Waals surface area contributed by atoms with Crippen molar-refractivity contribution in [3.63, 3.8) is 0 Å². The summed E-state index contributed by atoms with van der Waals surface area (Å²) in [6.45, 7) is 4.71. The predicted molar refractivity (Wildman–Crippen MR) is 117 cm³/mol. The Morgan fingerprint density at radius 1 is 1.32 bits per heavy atom. The van der Waals surface area contributed by atoms with Crippen molar-refractivity contribution in [1.82, 2.24) is 13.7 Å². The van der Waals surface area contributed by atoms with Gasteiger partial charge < -0.3 is 4.74 Å². The lowest BCUT2D eigenvalue weighted by Crippen LogP contribution is -2.53. The number of aromatic nitrogens is 2. The van der Waals surface area contributed by atoms with Crippen LogP contribution in [0, 0.1) is 0 Å². The molecule has 2 aromatic heterocycles. The second-order valence-electron chi connectivity index (χ2n) is 7.84. The number of amides is 1. The highest BCUT2D eigenvalue weighted by atomic mass is 35.5. The molecule has 11 heteroatoms. The van der Waals surface area contributed by atoms with Gasteiger partial charge in [-0.05, 0) is 18.4 Å². The van der Waals surface area contributed by atoms with Gasteiger partial charge in [-0.2, -0.15) is 4.31 Å². The maximum absolute atomic E-state index is 13.8. The Kier molecular flexibility index (Phi) is 4.08. The van der Waals surface area contributed by atoms with Gasteiger partial charge in [0.2, 0.25) is 0 Å². The third-order valence-corrected chi connectivity index (χ3v) is 9.34. The van der Waals surface area contributed by atoms with Gasteiger partial charge in [0.1, 0.15) is 6.61 Å². The Balaban J connectivity index is 1.50. The predicted octanol–water partition coefficient (Wildman–Crippen LogP) is 3.75. The molecular formula is C20H17ClN4O4S2. The summed E-state index contributed by atoms with van der Waals surface area (Å²) in [6.07, 6.45) is 2.18. The number of anilines is 1. The van der Waals surface area contributed by atoms with E-state index in [2.05, 4.69) is 11.6 Å². The van der Waals surface area contributed by atoms with E-state index >= 15 is 0 Å². The van der Waals surface area contributed by atoms with Gasteiger partial charge in [-0.25, -0.2) is 18.2 Å². The third-order valence-electron chi connectivity index (χ3n) is 6.28. The van der Waals surface area contributed by atoms with Crippen molar-refractivity contribution < 1.29 is 17.9 Å². The highest BCUT2D eigenvalue weighted by Crippen LogP contribution is 2.46. The van der Waals surface area contributed by atoms with Crippen LogP contribution in [0.4, 0.5) is 10.5 Å². The molecule has 0 spiro atoms. The van der Waals surface area contributed by atoms with E-state index in [1.165, 1.54) is 20.0 Å². The Morgan fingerprint density at radius 2 is 2.16 bits per heavy atom. The van der Waals surface area contributed by atoms with E-state index in [4.69, 9.17) is 16.3 Å². The minimum Gasteiger partial charge on any atom is -0.444 e. The van der Waals surface area contributed by atoms with Crippen LogP contribution in [0.5, 0.6) is 0 Å². The Morgan fingerprint density at radius 3 is 3.00 bits per heavy atom. The average Bonchev–Trinajstić information content (AvgIpc) is 3.29. The number of nitrogens with zero attached hydrogens (tertiary/aromatic N) is 4. The second-order valence-corrected chi connectivity index (χ2v) is 10.9. The van der Waals surface area contributed by atoms with E-state index < -0.39 is 22.2 Å². The smallest absolute Gasteiger partial charge is 0.414 e. The summed E-state index contributed by atoms with van der Waals surface area (Å²) in [6, 6.07) is 5.02. The van der Waals surface area contributed by atoms with Gasteiger partial charge in [0.05, 0.1) is 11.7 Å². The Hall–Kier alpha value is -2.40. The van der Waals surface area contributed by atoms with Gasteiger partial charge in [-0.1, -0.05) is 36.4 Å². The van der Waals surface area contributed by atoms with Crippen molar-refractivity contribution in [2.45, 2.75) is 36.6 Å². The molecule has 1 fully saturated rings. The SMILES string of the molecule is C=C1c2cccc3c2N(C(=O)OC3)C2CCN(S(=O)(=O)c3c(Cl)nc4sccn34)C1C2. The van der Waals surface area contributed by atoms with Crippen molar-refractivity contribution in [3.8, 4) is 0 Å². The number of hydrogen-bond donors (Lipinski definition) is 0. The number of thiazole rings is 1. The molecule has 2 bridgehead atoms. The van der Waals surface area contributed by atoms with Crippen LogP contribution >= 0.6 is 22.9 Å². The number of piperidine rings is 1. The molecule has 2 atom stereocenters. The molecular weight excluding hydrogens is 460 g/mol. The zero-order chi connectivity index (χ0) is 21.5. The summed E-state index contributed by atoms with van der Waals surface area (Å²) < 4.78 is 35.9. The van der Waals surface area contributed by atoms with Crippen molar-refractivity contribution >= 4 is 55.3 Å². The molecule has 3 aliphatic heterocycles. The highest BCUT2D eigenvalue weighted by Gasteiger charge is 2.47. The first-order valence-electron chi connectivity index (χ1n) is 9.78. The molecule has 1 saturated heterocycles. The van der Waals surface area contributed by atoms with E-state index in [9.17, 15) is 13.2 Å². The van der Waals surface area contributed by atoms with Gasteiger partial charge >= 0.3 is 6.09 Å². The van der Waals surface area contributed by atoms with Gasteiger partial charge in [-0.15, -0.1) is 11.3 Å². The highest BCUT2D eigenvalue weighted by molar-refractivity contribution is 7.89. The average molecular weight is 477 g/mol. The van der Waals surface area contributed by atoms with Crippen molar-refractivity contribution in [2.24, 2.45) is 0 Å². The first-order chi connectivity index (χ1) is 14.9. The summed E-state index contributed by atoms with van der Waals surface area (Å²) in [5.74, 6) is 0. The summed E-state index contributed by atoms with van der Waals surface area (Å²) in [5, 5.41) is 1.69. The Bertz CT molecular complexity index is 1380. The number of benzene rings is 1. The lowest BCUT2D eigenvalue weighted by molar-refractivity contribution is 0.135. The van der Waals surface area contributed by atoms with Crippen LogP contribution in [0.2, 0.25) is 5.15 Å². The van der Waals surface area contributed by atoms with Crippen LogP contribution in [0.3, 0.4) is 0 Å². The van der Waals surface area contributed by atoms with E-state index in [1.807, 2.05) is 18.2 Å². The third kappa shape index (κ3) is 2.59. The zero-order valence-corrected chi connectivity index (χ0v) is 18.6. The number of sulfonamides is 1. The molecule has 3 aliphatic rings. The largest absolute Gasteiger partial charge is 0.444 e. The number of carbonyl (C=O) groups excluding carboxylic acids is 1. The fourth-order valence-corrected chi connectivity index (χ4v) is 7.96. The number of para-hydroxylation sites is 1. The summed E-state index contributed by atoms with van der Waals surface area (Å²) in [7, 11) is -3.97. The van der Waals surface area contributed by atoms with E-state index in [0.29, 0.717) is 23.4 Å². The molecule has 0 aliphatic carbocycles. The minimum atomic E-state index is -3.97. The van der Waals surface area contributed by atoms with Gasteiger partial charge in [0.25, 0.3) is 10.0 Å². The molecule has 6 rings (SSSR count). The normalized spacial score (nSPS) is 23.6. The van der Waals surface area contributed by atoms with Crippen molar-refractivity contribution in [1.29, 1.82) is 0 Å². The number of rotatable bonds is 2. The van der Waals surface area contributed by atoms with Gasteiger partial charge in [-0.3, -0.25) is 9.30 Å². The number of ether oxygens (including phenoxy) is 1. The number of fused-ring (bicyclic) bond motifs is 4. The summed E-state index contributed by atoms with van der Waals surface area (Å²) >= 11 is 7.59. The number of cyclic esters (lactones) is 1. The van der Waals surface area contributed by atoms with Gasteiger partial charge in [0.15, 0.2) is 15.1 Å². The summed E-state index contributed by atoms with van der Waals surface area (Å²) in [4.78, 5) is 19.1. The standard InChI is InChI=1S/C20H17ClN4O4S2/c1-11-14-4-2-3-12-10-29-20(26)25(16(12)14)13-5-6-24(15(11)9-13)31(27,28)18-17(21)22-19-23(18)7-8-30-19/h2-4,7-8,13,15H,1,5-6,9-10H2. The second kappa shape index (κ2) is 6.55. The molecule has 3 aromatic rings. The molecule has 8 nitrogen and oxygen atoms in total. The maximum Gasteiger partial charge on any atom is 0.414 e. The van der Waals surface area contributed by atoms with Gasteiger partial charge in [0, 0.05) is 35.3 Å². The Labute approximate surface area is 187 Å². The molecule has 1 amide bonds. The molecule has 5 heterocycles. The number of carbonyl (C=O) groups is 1. The maximum atomic E-state index is 13.8. The fourth-order valence-electron chi connectivity index (χ4n) is 4.91. The van der Waals surface area contributed by atoms with Crippen molar-refractivity contribution in [3.05, 3.63) is 52.6 Å². The molecule has 31 heavy (non-hydrogen) atoms. The number of hydrogen-bond acceptors (Lipinski definition) is 6. The quantitative estimate of drug-likeness (QED) is 0.562. The molecule has 1 aromatic carbocycles. The van der Waals surface area contributed by atoms with Crippen LogP contribution in [0.1, 0.15) is 24.0 Å². The van der Waals surface area contributed by atoms with Crippen LogP contribution in [0.15, 0.2) is 41.4 Å². The monoisotopic (exact) mass is 476 g/mol. The fraction of sp³-hybridized carbons (Fsp3) is 0.300. The topological polar surface area (TPSA) is 84.2 Å². The van der Waals surface area contributed by atoms with E-state index in [-0.39, 0.29) is 29.4 Å². The van der Waals surface area contributed by atoms with Crippen LogP contribution in [0.25, 0.3) is 10.5 Å². The van der Waals surface area contributed by atoms with E-state index in [0.717, 1.165) is 16.8 Å². The lowest BCUT2D eigenvalue weighted by atomic mass is 9.92. The van der Waals surface area contributed by atoms with Crippen molar-refractivity contribution in [2.75, 3.05) is 11.4 Å². The summed E-state index contributed by atoms with van der Waals surface area (Å²) in [5.41, 5.74) is 3.14. The molecule has 2 unspecified atom stereocenters. The molecule has 0 radical (unpaired) electrons. The van der Waals surface area contributed by atoms with Crippen LogP contribution in [-0.4, -0.2) is 46.8 Å². The zero-order valence-electron chi connectivity index (χ0n) is 16.2. The van der Waals surface area contributed by atoms with Crippen LogP contribution < -0.4 is 4.90 Å². The molecule has 160 valence electrons. The number of halogens is 1. The molecule has 0 saturated carbocycles. The molecule has 0 N–H and O–H groups in total. The first-order valence-corrected chi connectivity index (χ1v) is 12.5. The van der Waals surface area contributed by atoms with E-state index in [1.54, 1.807) is 16.5 Å². The lowest BCUT2D eigenvalue weighted by Gasteiger charge is -2.40. The number of imidazole rings is 1. The minimum absolute atomic E-state index is 0.0320. The van der Waals surface area contributed by atoms with Crippen LogP contribution in [-0.2, 0) is 21.4 Å².